The molecule has 3 fully saturated rings. The average Bonchev–Trinajstić information content (AvgIpc) is 2.85. The van der Waals surface area contributed by atoms with Gasteiger partial charge in [0.25, 0.3) is 11.8 Å². The average molecular weight is 606 g/mol. The third kappa shape index (κ3) is 5.24. The van der Waals surface area contributed by atoms with E-state index in [1.54, 1.807) is 6.92 Å². The summed E-state index contributed by atoms with van der Waals surface area (Å²) < 4.78 is 91.2. The van der Waals surface area contributed by atoms with Crippen molar-refractivity contribution in [3.63, 3.8) is 0 Å². The number of ether oxygens (including phenoxy) is 2. The van der Waals surface area contributed by atoms with Crippen LogP contribution in [0.5, 0.6) is 11.5 Å². The van der Waals surface area contributed by atoms with Gasteiger partial charge in [0.1, 0.15) is 17.3 Å². The molecule has 1 aliphatic heterocycles. The zero-order valence-corrected chi connectivity index (χ0v) is 22.0. The first-order valence-electron chi connectivity index (χ1n) is 12.3. The van der Waals surface area contributed by atoms with E-state index < -0.39 is 66.0 Å². The van der Waals surface area contributed by atoms with Crippen LogP contribution in [0.4, 0.5) is 32.0 Å². The first kappa shape index (κ1) is 28.8. The zero-order chi connectivity index (χ0) is 30.0. The van der Waals surface area contributed by atoms with Gasteiger partial charge < -0.3 is 20.1 Å². The lowest BCUT2D eigenvalue weighted by Crippen LogP contribution is -2.84. The zero-order valence-electron chi connectivity index (χ0n) is 21.2. The number of carbonyl (C=O) groups excluding carboxylic acids is 3. The van der Waals surface area contributed by atoms with Gasteiger partial charge >= 0.3 is 18.0 Å². The van der Waals surface area contributed by atoms with Crippen LogP contribution >= 0.6 is 11.6 Å². The summed E-state index contributed by atoms with van der Waals surface area (Å²) in [6.45, 7) is 0.279. The van der Waals surface area contributed by atoms with Crippen molar-refractivity contribution in [2.24, 2.45) is 0 Å². The molecule has 2 bridgehead atoms. The van der Waals surface area contributed by atoms with Gasteiger partial charge in [-0.2, -0.15) is 22.0 Å². The minimum Gasteiger partial charge on any atom is -0.484 e. The van der Waals surface area contributed by atoms with Crippen LogP contribution in [0.2, 0.25) is 5.02 Å². The Morgan fingerprint density at radius 1 is 1.05 bits per heavy atom. The number of amides is 3. The highest BCUT2D eigenvalue weighted by molar-refractivity contribution is 6.30. The smallest absolute Gasteiger partial charge is 0.463 e. The lowest BCUT2D eigenvalue weighted by Gasteiger charge is -2.70. The number of nitrogens with one attached hydrogen (secondary N) is 2. The SMILES string of the molecule is Cc1ccc2c(c1)N(C(=O)C(F)(F)C(F)(F)F)CC(C(=O)NC13CC(NC(=O)COc4ccc(Cl)c(F)c4)(C1)C3)O2. The third-order valence-electron chi connectivity index (χ3n) is 7.27. The maximum absolute atomic E-state index is 14.0. The number of alkyl halides is 5. The summed E-state index contributed by atoms with van der Waals surface area (Å²) in [5.74, 6) is -10.3. The van der Waals surface area contributed by atoms with E-state index in [0.29, 0.717) is 24.8 Å². The fourth-order valence-electron chi connectivity index (χ4n) is 5.45. The molecule has 4 aliphatic rings. The van der Waals surface area contributed by atoms with Crippen LogP contribution in [0.3, 0.4) is 0 Å². The Kier molecular flexibility index (Phi) is 6.83. The van der Waals surface area contributed by atoms with Gasteiger partial charge in [0.05, 0.1) is 17.3 Å². The Morgan fingerprint density at radius 3 is 2.34 bits per heavy atom. The van der Waals surface area contributed by atoms with E-state index >= 15 is 0 Å². The summed E-state index contributed by atoms with van der Waals surface area (Å²) in [6.07, 6.45) is -6.73. The minimum atomic E-state index is -6.13. The summed E-state index contributed by atoms with van der Waals surface area (Å²) in [7, 11) is 0. The van der Waals surface area contributed by atoms with Gasteiger partial charge in [0.15, 0.2) is 12.7 Å². The molecule has 15 heteroatoms. The molecule has 0 spiro atoms. The van der Waals surface area contributed by atoms with Gasteiger partial charge in [0.2, 0.25) is 0 Å². The molecule has 3 amide bonds. The maximum atomic E-state index is 14.0. The summed E-state index contributed by atoms with van der Waals surface area (Å²) in [5.41, 5.74) is -1.20. The van der Waals surface area contributed by atoms with Crippen LogP contribution in [0.25, 0.3) is 0 Å². The number of hydrogen-bond donors (Lipinski definition) is 2. The quantitative estimate of drug-likeness (QED) is 0.464. The first-order chi connectivity index (χ1) is 19.0. The molecule has 0 radical (unpaired) electrons. The van der Waals surface area contributed by atoms with E-state index in [2.05, 4.69) is 10.6 Å². The molecule has 0 aromatic heterocycles. The lowest BCUT2D eigenvalue weighted by molar-refractivity contribution is -0.268. The standard InChI is InChI=1S/C26H22ClF6N3O5/c1-13-2-5-18-17(6-13)36(22(39)25(29,30)26(31,32)33)8-19(41-18)21(38)35-24-10-23(11-24,12-24)34-20(37)9-40-14-3-4-15(27)16(28)7-14/h2-7,19H,8-12H2,1H3,(H,34,37)(H,35,38). The first-order valence-corrected chi connectivity index (χ1v) is 12.7. The van der Waals surface area contributed by atoms with Crippen molar-refractivity contribution in [2.75, 3.05) is 18.1 Å². The van der Waals surface area contributed by atoms with Crippen molar-refractivity contribution in [1.29, 1.82) is 0 Å². The number of anilines is 1. The Morgan fingerprint density at radius 2 is 1.71 bits per heavy atom. The molecule has 6 rings (SSSR count). The van der Waals surface area contributed by atoms with Gasteiger partial charge in [-0.05, 0) is 56.0 Å². The molecule has 41 heavy (non-hydrogen) atoms. The maximum Gasteiger partial charge on any atom is 0.463 e. The molecule has 2 aromatic carbocycles. The third-order valence-corrected chi connectivity index (χ3v) is 7.58. The van der Waals surface area contributed by atoms with Crippen LogP contribution < -0.4 is 25.0 Å². The number of carbonyl (C=O) groups is 3. The molecule has 8 nitrogen and oxygen atoms in total. The number of fused-ring (bicyclic) bond motifs is 1. The number of benzene rings is 2. The van der Waals surface area contributed by atoms with E-state index in [-0.39, 0.29) is 27.1 Å². The van der Waals surface area contributed by atoms with Crippen molar-refractivity contribution in [3.8, 4) is 11.5 Å². The Hall–Kier alpha value is -3.68. The van der Waals surface area contributed by atoms with Crippen LogP contribution in [0, 0.1) is 12.7 Å². The van der Waals surface area contributed by atoms with Crippen molar-refractivity contribution in [2.45, 2.75) is 55.5 Å². The molecule has 3 saturated carbocycles. The second kappa shape index (κ2) is 9.71. The highest BCUT2D eigenvalue weighted by atomic mass is 35.5. The second-order valence-corrected chi connectivity index (χ2v) is 11.0. The van der Waals surface area contributed by atoms with E-state index in [9.17, 15) is 40.7 Å². The molecule has 0 saturated heterocycles. The molecule has 220 valence electrons. The lowest BCUT2D eigenvalue weighted by atomic mass is 9.44. The van der Waals surface area contributed by atoms with Crippen molar-refractivity contribution < 1.29 is 50.2 Å². The highest BCUT2D eigenvalue weighted by Crippen LogP contribution is 2.60. The predicted octanol–water partition coefficient (Wildman–Crippen LogP) is 4.07. The van der Waals surface area contributed by atoms with E-state index in [4.69, 9.17) is 21.1 Å². The summed E-state index contributed by atoms with van der Waals surface area (Å²) >= 11 is 5.61. The Balaban J connectivity index is 1.19. The monoisotopic (exact) mass is 605 g/mol. The van der Waals surface area contributed by atoms with Crippen molar-refractivity contribution in [3.05, 3.63) is 52.8 Å². The van der Waals surface area contributed by atoms with E-state index in [1.807, 2.05) is 0 Å². The number of nitrogens with zero attached hydrogens (tertiary/aromatic N) is 1. The summed E-state index contributed by atoms with van der Waals surface area (Å²) in [6, 6.07) is 7.70. The van der Waals surface area contributed by atoms with Gasteiger partial charge in [-0.1, -0.05) is 17.7 Å². The highest BCUT2D eigenvalue weighted by Gasteiger charge is 2.70. The Bertz CT molecular complexity index is 1420. The number of halogens is 7. The summed E-state index contributed by atoms with van der Waals surface area (Å²) in [4.78, 5) is 38.0. The van der Waals surface area contributed by atoms with Gasteiger partial charge in [-0.25, -0.2) is 4.39 Å². The van der Waals surface area contributed by atoms with Crippen molar-refractivity contribution in [1.82, 2.24) is 10.6 Å². The van der Waals surface area contributed by atoms with Gasteiger partial charge in [-0.3, -0.25) is 19.3 Å². The van der Waals surface area contributed by atoms with Crippen molar-refractivity contribution >= 4 is 35.0 Å². The Labute approximate surface area is 233 Å². The molecule has 3 aliphatic carbocycles. The van der Waals surface area contributed by atoms with Crippen LogP contribution in [0.1, 0.15) is 24.8 Å². The second-order valence-electron chi connectivity index (χ2n) is 10.6. The van der Waals surface area contributed by atoms with Crippen LogP contribution in [-0.2, 0) is 14.4 Å². The number of hydrogen-bond acceptors (Lipinski definition) is 5. The molecular formula is C26H22ClF6N3O5. The molecule has 1 atom stereocenters. The fraction of sp³-hybridized carbons (Fsp3) is 0.423. The van der Waals surface area contributed by atoms with Gasteiger partial charge in [0, 0.05) is 17.1 Å². The molecule has 1 unspecified atom stereocenters. The number of rotatable bonds is 7. The van der Waals surface area contributed by atoms with Crippen LogP contribution in [0.15, 0.2) is 36.4 Å². The topological polar surface area (TPSA) is 97.0 Å². The molecule has 1 heterocycles. The van der Waals surface area contributed by atoms with Crippen LogP contribution in [-0.4, -0.2) is 60.2 Å². The minimum absolute atomic E-state index is 0.0977. The largest absolute Gasteiger partial charge is 0.484 e. The molecule has 2 aromatic rings. The van der Waals surface area contributed by atoms with E-state index in [0.717, 1.165) is 6.07 Å². The van der Waals surface area contributed by atoms with E-state index in [1.165, 1.54) is 30.3 Å². The normalized spacial score (nSPS) is 24.7. The fourth-order valence-corrected chi connectivity index (χ4v) is 5.57. The molecular weight excluding hydrogens is 584 g/mol. The molecule has 2 N–H and O–H groups in total. The number of aryl methyl sites for hydroxylation is 1. The van der Waals surface area contributed by atoms with Gasteiger partial charge in [-0.15, -0.1) is 0 Å². The predicted molar refractivity (Wildman–Crippen MR) is 131 cm³/mol. The summed E-state index contributed by atoms with van der Waals surface area (Å²) in [5, 5.41) is 5.41.